The summed E-state index contributed by atoms with van der Waals surface area (Å²) >= 11 is 0. The Morgan fingerprint density at radius 1 is 1.39 bits per heavy atom. The van der Waals surface area contributed by atoms with Crippen LogP contribution in [0.15, 0.2) is 28.7 Å². The van der Waals surface area contributed by atoms with Crippen LogP contribution < -0.4 is 5.32 Å². The largest absolute Gasteiger partial charge is 0.453 e. The topological polar surface area (TPSA) is 42.2 Å². The van der Waals surface area contributed by atoms with Crippen molar-refractivity contribution in [3.8, 4) is 0 Å². The molecule has 1 aromatic heterocycles. The van der Waals surface area contributed by atoms with Crippen molar-refractivity contribution in [3.63, 3.8) is 0 Å². The number of likely N-dealkylation sites (N-methyl/N-ethyl adjacent to an activating group) is 1. The number of fused-ring (bicyclic) bond motifs is 1. The predicted octanol–water partition coefficient (Wildman–Crippen LogP) is 3.31. The van der Waals surface area contributed by atoms with Gasteiger partial charge in [-0.3, -0.25) is 4.79 Å². The summed E-state index contributed by atoms with van der Waals surface area (Å²) < 4.78 is 5.70. The van der Waals surface area contributed by atoms with Gasteiger partial charge in [0, 0.05) is 5.39 Å². The maximum Gasteiger partial charge on any atom is 0.217 e. The lowest BCUT2D eigenvalue weighted by Gasteiger charge is -2.22. The van der Waals surface area contributed by atoms with Gasteiger partial charge in [-0.05, 0) is 38.9 Å². The minimum absolute atomic E-state index is 0.0139. The standard InChI is InChI=1S/C15H19NO2/c1-5-16-15(3,4)14(17)12-9-11-8-6-7-10(2)13(11)18-12/h6-9,16H,5H2,1-4H3. The van der Waals surface area contributed by atoms with Crippen molar-refractivity contribution in [2.24, 2.45) is 0 Å². The zero-order chi connectivity index (χ0) is 13.3. The number of nitrogens with one attached hydrogen (secondary N) is 1. The number of rotatable bonds is 4. The van der Waals surface area contributed by atoms with Crippen molar-refractivity contribution in [1.82, 2.24) is 5.32 Å². The molecule has 0 atom stereocenters. The van der Waals surface area contributed by atoms with E-state index < -0.39 is 5.54 Å². The highest BCUT2D eigenvalue weighted by Crippen LogP contribution is 2.25. The number of carbonyl (C=O) groups excluding carboxylic acids is 1. The monoisotopic (exact) mass is 245 g/mol. The van der Waals surface area contributed by atoms with Crippen LogP contribution >= 0.6 is 0 Å². The number of hydrogen-bond donors (Lipinski definition) is 1. The zero-order valence-corrected chi connectivity index (χ0v) is 11.3. The molecule has 0 amide bonds. The van der Waals surface area contributed by atoms with E-state index in [4.69, 9.17) is 4.42 Å². The number of benzene rings is 1. The molecule has 0 saturated heterocycles. The molecule has 0 unspecified atom stereocenters. The number of Topliss-reactive ketones (excluding diaryl/α,β-unsaturated/α-hetero) is 1. The van der Waals surface area contributed by atoms with Crippen LogP contribution in [0, 0.1) is 6.92 Å². The van der Waals surface area contributed by atoms with E-state index in [0.29, 0.717) is 5.76 Å². The summed E-state index contributed by atoms with van der Waals surface area (Å²) in [5.41, 5.74) is 1.25. The third-order valence-electron chi connectivity index (χ3n) is 3.15. The van der Waals surface area contributed by atoms with E-state index in [1.54, 1.807) is 0 Å². The lowest BCUT2D eigenvalue weighted by molar-refractivity contribution is 0.0857. The Labute approximate surface area is 107 Å². The fourth-order valence-corrected chi connectivity index (χ4v) is 2.15. The molecule has 2 aromatic rings. The second-order valence-electron chi connectivity index (χ2n) is 5.09. The van der Waals surface area contributed by atoms with Crippen molar-refractivity contribution in [2.45, 2.75) is 33.2 Å². The van der Waals surface area contributed by atoms with Gasteiger partial charge in [-0.2, -0.15) is 0 Å². The van der Waals surface area contributed by atoms with E-state index in [-0.39, 0.29) is 5.78 Å². The predicted molar refractivity (Wildman–Crippen MR) is 73.0 cm³/mol. The Kier molecular flexibility index (Phi) is 3.26. The Bertz CT molecular complexity index is 581. The van der Waals surface area contributed by atoms with Crippen LogP contribution in [0.25, 0.3) is 11.0 Å². The van der Waals surface area contributed by atoms with Gasteiger partial charge in [-0.1, -0.05) is 25.1 Å². The summed E-state index contributed by atoms with van der Waals surface area (Å²) in [5, 5.41) is 4.15. The van der Waals surface area contributed by atoms with Crippen molar-refractivity contribution in [3.05, 3.63) is 35.6 Å². The summed E-state index contributed by atoms with van der Waals surface area (Å²) in [4.78, 5) is 12.4. The number of aryl methyl sites for hydroxylation is 1. The van der Waals surface area contributed by atoms with Crippen LogP contribution in [0.3, 0.4) is 0 Å². The maximum atomic E-state index is 12.4. The molecule has 0 spiro atoms. The Morgan fingerprint density at radius 2 is 2.11 bits per heavy atom. The molecule has 0 aliphatic rings. The summed E-state index contributed by atoms with van der Waals surface area (Å²) in [6.07, 6.45) is 0. The van der Waals surface area contributed by atoms with E-state index in [2.05, 4.69) is 5.32 Å². The zero-order valence-electron chi connectivity index (χ0n) is 11.3. The molecule has 1 heterocycles. The number of para-hydroxylation sites is 1. The Hall–Kier alpha value is -1.61. The van der Waals surface area contributed by atoms with Gasteiger partial charge in [-0.25, -0.2) is 0 Å². The summed E-state index contributed by atoms with van der Waals surface area (Å²) in [6, 6.07) is 7.74. The van der Waals surface area contributed by atoms with Crippen LogP contribution in [0.4, 0.5) is 0 Å². The van der Waals surface area contributed by atoms with Gasteiger partial charge in [0.15, 0.2) is 5.76 Å². The number of furan rings is 1. The van der Waals surface area contributed by atoms with Crippen LogP contribution in [0.2, 0.25) is 0 Å². The lowest BCUT2D eigenvalue weighted by atomic mass is 9.97. The third-order valence-corrected chi connectivity index (χ3v) is 3.15. The number of ketones is 1. The molecule has 0 radical (unpaired) electrons. The molecule has 0 bridgehead atoms. The number of hydrogen-bond acceptors (Lipinski definition) is 3. The van der Waals surface area contributed by atoms with Crippen LogP contribution in [0.5, 0.6) is 0 Å². The van der Waals surface area contributed by atoms with Crippen LogP contribution in [-0.2, 0) is 0 Å². The van der Waals surface area contributed by atoms with Gasteiger partial charge in [0.25, 0.3) is 0 Å². The first-order valence-corrected chi connectivity index (χ1v) is 6.24. The first-order valence-electron chi connectivity index (χ1n) is 6.24. The third kappa shape index (κ3) is 2.18. The minimum Gasteiger partial charge on any atom is -0.453 e. The van der Waals surface area contributed by atoms with Crippen LogP contribution in [-0.4, -0.2) is 17.9 Å². The molecule has 2 rings (SSSR count). The molecule has 18 heavy (non-hydrogen) atoms. The van der Waals surface area contributed by atoms with Gasteiger partial charge in [-0.15, -0.1) is 0 Å². The second-order valence-corrected chi connectivity index (χ2v) is 5.09. The quantitative estimate of drug-likeness (QED) is 0.840. The van der Waals surface area contributed by atoms with Gasteiger partial charge in [0.2, 0.25) is 5.78 Å². The van der Waals surface area contributed by atoms with E-state index >= 15 is 0 Å². The molecule has 0 aliphatic heterocycles. The van der Waals surface area contributed by atoms with Gasteiger partial charge < -0.3 is 9.73 Å². The van der Waals surface area contributed by atoms with Crippen molar-refractivity contribution < 1.29 is 9.21 Å². The summed E-state index contributed by atoms with van der Waals surface area (Å²) in [7, 11) is 0. The van der Waals surface area contributed by atoms with Crippen LogP contribution in [0.1, 0.15) is 36.9 Å². The van der Waals surface area contributed by atoms with E-state index in [9.17, 15) is 4.79 Å². The molecule has 0 fully saturated rings. The van der Waals surface area contributed by atoms with E-state index in [1.165, 1.54) is 0 Å². The first kappa shape index (κ1) is 12.8. The van der Waals surface area contributed by atoms with E-state index in [0.717, 1.165) is 23.1 Å². The first-order chi connectivity index (χ1) is 8.45. The fourth-order valence-electron chi connectivity index (χ4n) is 2.15. The molecule has 3 heteroatoms. The molecular formula is C15H19NO2. The summed E-state index contributed by atoms with van der Waals surface area (Å²) in [5.74, 6) is 0.408. The van der Waals surface area contributed by atoms with Gasteiger partial charge in [0.05, 0.1) is 5.54 Å². The highest BCUT2D eigenvalue weighted by atomic mass is 16.3. The van der Waals surface area contributed by atoms with Crippen molar-refractivity contribution in [2.75, 3.05) is 6.54 Å². The smallest absolute Gasteiger partial charge is 0.217 e. The SMILES string of the molecule is CCNC(C)(C)C(=O)c1cc2cccc(C)c2o1. The highest BCUT2D eigenvalue weighted by Gasteiger charge is 2.30. The molecule has 1 N–H and O–H groups in total. The second kappa shape index (κ2) is 4.58. The van der Waals surface area contributed by atoms with Crippen molar-refractivity contribution in [1.29, 1.82) is 0 Å². The maximum absolute atomic E-state index is 12.4. The summed E-state index contributed by atoms with van der Waals surface area (Å²) in [6.45, 7) is 8.46. The molecule has 0 aliphatic carbocycles. The Balaban J connectivity index is 2.43. The fraction of sp³-hybridized carbons (Fsp3) is 0.400. The highest BCUT2D eigenvalue weighted by molar-refractivity contribution is 6.03. The van der Waals surface area contributed by atoms with Crippen molar-refractivity contribution >= 4 is 16.8 Å². The molecule has 1 aromatic carbocycles. The molecule has 96 valence electrons. The number of carbonyl (C=O) groups is 1. The van der Waals surface area contributed by atoms with E-state index in [1.807, 2.05) is 52.0 Å². The Morgan fingerprint density at radius 3 is 2.72 bits per heavy atom. The molecule has 0 saturated carbocycles. The molecular weight excluding hydrogens is 226 g/mol. The van der Waals surface area contributed by atoms with Gasteiger partial charge in [0.1, 0.15) is 5.58 Å². The van der Waals surface area contributed by atoms with Gasteiger partial charge >= 0.3 is 0 Å². The lowest BCUT2D eigenvalue weighted by Crippen LogP contribution is -2.46. The average Bonchev–Trinajstić information content (AvgIpc) is 2.73. The normalized spacial score (nSPS) is 12.0. The minimum atomic E-state index is -0.601. The average molecular weight is 245 g/mol. The molecule has 3 nitrogen and oxygen atoms in total.